The molecule has 0 saturated heterocycles. The van der Waals surface area contributed by atoms with Crippen LogP contribution in [0.25, 0.3) is 22.3 Å². The third-order valence-electron chi connectivity index (χ3n) is 6.35. The number of nitrogens with zero attached hydrogens (tertiary/aromatic N) is 2. The highest BCUT2D eigenvalue weighted by Crippen LogP contribution is 2.43. The number of cyclic esters (lactones) is 1. The molecule has 9 nitrogen and oxygen atoms in total. The molecule has 2 aromatic heterocycles. The monoisotopic (exact) mass is 600 g/mol. The minimum atomic E-state index is -1.88. The molecule has 1 atom stereocenters. The van der Waals surface area contributed by atoms with Crippen molar-refractivity contribution in [3.8, 4) is 11.4 Å². The van der Waals surface area contributed by atoms with Crippen molar-refractivity contribution in [1.82, 2.24) is 9.55 Å². The highest BCUT2D eigenvalue weighted by Gasteiger charge is 2.49. The SMILES string of the molecule is CC(=O)CCC(=O)CCC(=O)O[C@]1(I)C(=O)OCc2c1cc1n(c2=O)Cc2cc3ccccc3nc2-1. The Morgan fingerprint density at radius 3 is 2.64 bits per heavy atom. The first kappa shape index (κ1) is 24.3. The zero-order valence-corrected chi connectivity index (χ0v) is 21.5. The number of halogens is 1. The van der Waals surface area contributed by atoms with Crippen molar-refractivity contribution in [3.05, 3.63) is 63.4 Å². The van der Waals surface area contributed by atoms with Crippen LogP contribution in [0.4, 0.5) is 0 Å². The van der Waals surface area contributed by atoms with Crippen LogP contribution in [0.1, 0.15) is 49.3 Å². The fourth-order valence-electron chi connectivity index (χ4n) is 4.47. The Morgan fingerprint density at radius 2 is 1.86 bits per heavy atom. The standard InChI is InChI=1S/C26H21IN2O7/c1-14(30)6-7-17(31)8-9-22(32)36-26(27)19-11-21-23-16(10-15-4-2-3-5-20(15)28-23)12-29(21)24(33)18(19)13-35-25(26)34/h2-5,10-11H,6-9,12-13H2,1H3/t26-/m0/s1. The molecule has 0 radical (unpaired) electrons. The van der Waals surface area contributed by atoms with Gasteiger partial charge in [-0.3, -0.25) is 14.4 Å². The number of benzene rings is 1. The number of Topliss-reactive ketones (excluding diaryl/α,β-unsaturated/α-hetero) is 2. The molecular formula is C26H21IN2O7. The van der Waals surface area contributed by atoms with Gasteiger partial charge in [-0.25, -0.2) is 9.78 Å². The van der Waals surface area contributed by atoms with Crippen LogP contribution in [0.3, 0.4) is 0 Å². The van der Waals surface area contributed by atoms with Crippen molar-refractivity contribution in [1.29, 1.82) is 0 Å². The number of ketones is 2. The Labute approximate surface area is 218 Å². The van der Waals surface area contributed by atoms with Gasteiger partial charge in [0.25, 0.3) is 9.17 Å². The average molecular weight is 600 g/mol. The molecule has 2 aliphatic rings. The minimum Gasteiger partial charge on any atom is -0.457 e. The first-order chi connectivity index (χ1) is 17.2. The van der Waals surface area contributed by atoms with E-state index in [0.29, 0.717) is 17.9 Å². The quantitative estimate of drug-likeness (QED) is 0.180. The van der Waals surface area contributed by atoms with Gasteiger partial charge in [-0.2, -0.15) is 0 Å². The van der Waals surface area contributed by atoms with Crippen molar-refractivity contribution in [2.45, 2.75) is 49.4 Å². The number of rotatable bonds is 7. The van der Waals surface area contributed by atoms with E-state index in [1.807, 2.05) is 30.3 Å². The molecule has 0 bridgehead atoms. The number of hydrogen-bond acceptors (Lipinski definition) is 8. The van der Waals surface area contributed by atoms with Crippen molar-refractivity contribution < 1.29 is 28.7 Å². The Morgan fingerprint density at radius 1 is 1.11 bits per heavy atom. The van der Waals surface area contributed by atoms with E-state index < -0.39 is 15.5 Å². The molecule has 0 saturated carbocycles. The first-order valence-corrected chi connectivity index (χ1v) is 12.5. The molecule has 1 aromatic carbocycles. The summed E-state index contributed by atoms with van der Waals surface area (Å²) in [7, 11) is 0. The molecule has 0 unspecified atom stereocenters. The maximum absolute atomic E-state index is 13.4. The second-order valence-electron chi connectivity index (χ2n) is 8.89. The Hall–Kier alpha value is -3.41. The van der Waals surface area contributed by atoms with Crippen LogP contribution >= 0.6 is 22.6 Å². The highest BCUT2D eigenvalue weighted by molar-refractivity contribution is 14.1. The van der Waals surface area contributed by atoms with Gasteiger partial charge in [0.05, 0.1) is 35.4 Å². The molecule has 10 heteroatoms. The Kier molecular flexibility index (Phi) is 6.23. The van der Waals surface area contributed by atoms with Crippen LogP contribution in [0.2, 0.25) is 0 Å². The minimum absolute atomic E-state index is 0.0485. The summed E-state index contributed by atoms with van der Waals surface area (Å²) in [5, 5.41) is 0.954. The van der Waals surface area contributed by atoms with Crippen LogP contribution in [0, 0.1) is 0 Å². The average Bonchev–Trinajstić information content (AvgIpc) is 3.20. The molecule has 5 rings (SSSR count). The number of ether oxygens (including phenoxy) is 2. The summed E-state index contributed by atoms with van der Waals surface area (Å²) < 4.78 is 10.5. The Balaban J connectivity index is 1.47. The molecule has 0 fully saturated rings. The van der Waals surface area contributed by atoms with Gasteiger partial charge in [-0.05, 0) is 47.7 Å². The summed E-state index contributed by atoms with van der Waals surface area (Å²) in [5.74, 6) is -1.94. The molecule has 0 amide bonds. The van der Waals surface area contributed by atoms with E-state index in [2.05, 4.69) is 0 Å². The van der Waals surface area contributed by atoms with Gasteiger partial charge >= 0.3 is 11.9 Å². The van der Waals surface area contributed by atoms with Gasteiger partial charge in [0.15, 0.2) is 0 Å². The number of pyridine rings is 2. The van der Waals surface area contributed by atoms with Gasteiger partial charge in [0.1, 0.15) is 18.2 Å². The van der Waals surface area contributed by atoms with E-state index in [9.17, 15) is 24.0 Å². The summed E-state index contributed by atoms with van der Waals surface area (Å²) in [6.45, 7) is 1.49. The van der Waals surface area contributed by atoms with Crippen LogP contribution in [0.5, 0.6) is 0 Å². The molecular weight excluding hydrogens is 579 g/mol. The smallest absolute Gasteiger partial charge is 0.366 e. The van der Waals surface area contributed by atoms with E-state index >= 15 is 0 Å². The first-order valence-electron chi connectivity index (χ1n) is 11.4. The van der Waals surface area contributed by atoms with Crippen LogP contribution < -0.4 is 5.56 Å². The Bertz CT molecular complexity index is 1530. The van der Waals surface area contributed by atoms with Crippen LogP contribution in [0.15, 0.2) is 41.2 Å². The van der Waals surface area contributed by atoms with Crippen molar-refractivity contribution in [2.24, 2.45) is 0 Å². The summed E-state index contributed by atoms with van der Waals surface area (Å²) in [4.78, 5) is 66.6. The topological polar surface area (TPSA) is 122 Å². The molecule has 4 heterocycles. The van der Waals surface area contributed by atoms with Gasteiger partial charge in [0, 0.05) is 35.8 Å². The second-order valence-corrected chi connectivity index (χ2v) is 10.4. The number of carbonyl (C=O) groups is 4. The van der Waals surface area contributed by atoms with Crippen LogP contribution in [-0.4, -0.2) is 33.1 Å². The van der Waals surface area contributed by atoms with Gasteiger partial charge < -0.3 is 18.8 Å². The number of fused-ring (bicyclic) bond motifs is 5. The second kappa shape index (κ2) is 9.23. The largest absolute Gasteiger partial charge is 0.457 e. The number of hydrogen-bond donors (Lipinski definition) is 0. The van der Waals surface area contributed by atoms with Crippen molar-refractivity contribution >= 4 is 57.0 Å². The van der Waals surface area contributed by atoms with Crippen LogP contribution in [-0.2, 0) is 45.4 Å². The number of para-hydroxylation sites is 1. The lowest BCUT2D eigenvalue weighted by Gasteiger charge is -2.31. The zero-order valence-electron chi connectivity index (χ0n) is 19.3. The fraction of sp³-hybridized carbons (Fsp3) is 0.308. The summed E-state index contributed by atoms with van der Waals surface area (Å²) >= 11 is 1.68. The van der Waals surface area contributed by atoms with E-state index in [-0.39, 0.29) is 60.5 Å². The lowest BCUT2D eigenvalue weighted by molar-refractivity contribution is -0.174. The number of aromatic nitrogens is 2. The summed E-state index contributed by atoms with van der Waals surface area (Å²) in [6.07, 6.45) is -0.209. The van der Waals surface area contributed by atoms with Crippen molar-refractivity contribution in [3.63, 3.8) is 0 Å². The van der Waals surface area contributed by atoms with Crippen molar-refractivity contribution in [2.75, 3.05) is 0 Å². The third kappa shape index (κ3) is 4.23. The number of carbonyl (C=O) groups excluding carboxylic acids is 4. The molecule has 0 aliphatic carbocycles. The summed E-state index contributed by atoms with van der Waals surface area (Å²) in [6, 6.07) is 11.3. The normalized spacial score (nSPS) is 17.7. The molecule has 0 spiro atoms. The lowest BCUT2D eigenvalue weighted by Crippen LogP contribution is -2.43. The van der Waals surface area contributed by atoms with Gasteiger partial charge in [-0.1, -0.05) is 18.2 Å². The van der Waals surface area contributed by atoms with Gasteiger partial charge in [0.2, 0.25) is 0 Å². The zero-order chi connectivity index (χ0) is 25.6. The summed E-state index contributed by atoms with van der Waals surface area (Å²) in [5.41, 5.74) is 2.95. The van der Waals surface area contributed by atoms with E-state index in [1.54, 1.807) is 33.2 Å². The number of esters is 2. The molecule has 3 aromatic rings. The predicted molar refractivity (Wildman–Crippen MR) is 136 cm³/mol. The van der Waals surface area contributed by atoms with E-state index in [1.165, 1.54) is 6.92 Å². The maximum Gasteiger partial charge on any atom is 0.366 e. The van der Waals surface area contributed by atoms with E-state index in [4.69, 9.17) is 14.5 Å². The van der Waals surface area contributed by atoms with Gasteiger partial charge in [-0.15, -0.1) is 0 Å². The third-order valence-corrected chi connectivity index (χ3v) is 7.59. The highest BCUT2D eigenvalue weighted by atomic mass is 127. The number of alkyl halides is 1. The molecule has 0 N–H and O–H groups in total. The molecule has 184 valence electrons. The molecule has 2 aliphatic heterocycles. The fourth-order valence-corrected chi connectivity index (χ4v) is 5.35. The maximum atomic E-state index is 13.4. The molecule has 36 heavy (non-hydrogen) atoms. The predicted octanol–water partition coefficient (Wildman–Crippen LogP) is 3.33. The van der Waals surface area contributed by atoms with E-state index in [0.717, 1.165) is 16.5 Å². The lowest BCUT2D eigenvalue weighted by atomic mass is 10.00.